The van der Waals surface area contributed by atoms with Crippen molar-refractivity contribution in [2.75, 3.05) is 18.5 Å². The molecule has 0 saturated carbocycles. The van der Waals surface area contributed by atoms with Crippen LogP contribution in [0.25, 0.3) is 0 Å². The minimum Gasteiger partial charge on any atom is -0.368 e. The maximum atomic E-state index is 13.2. The molecule has 3 aromatic carbocycles. The topological polar surface area (TPSA) is 92.5 Å². The third-order valence-electron chi connectivity index (χ3n) is 5.10. The molecule has 0 aliphatic rings. The van der Waals surface area contributed by atoms with Gasteiger partial charge in [0.25, 0.3) is 0 Å². The lowest BCUT2D eigenvalue weighted by Gasteiger charge is -2.31. The zero-order chi connectivity index (χ0) is 23.1. The van der Waals surface area contributed by atoms with Crippen LogP contribution in [0.3, 0.4) is 0 Å². The highest BCUT2D eigenvalue weighted by Crippen LogP contribution is 2.28. The molecule has 1 atom stereocenters. The summed E-state index contributed by atoms with van der Waals surface area (Å²) in [4.78, 5) is 39.2. The van der Waals surface area contributed by atoms with E-state index in [9.17, 15) is 14.4 Å². The molecule has 0 aromatic heterocycles. The van der Waals surface area contributed by atoms with Gasteiger partial charge in [0.05, 0.1) is 6.54 Å². The molecule has 0 aliphatic carbocycles. The van der Waals surface area contributed by atoms with Crippen LogP contribution in [-0.4, -0.2) is 37.2 Å². The number of likely N-dealkylation sites (N-methyl/N-ethyl adjacent to an activating group) is 1. The van der Waals surface area contributed by atoms with Gasteiger partial charge in [0.2, 0.25) is 11.8 Å². The fourth-order valence-electron chi connectivity index (χ4n) is 3.45. The van der Waals surface area contributed by atoms with Crippen molar-refractivity contribution in [2.45, 2.75) is 12.5 Å². The van der Waals surface area contributed by atoms with Gasteiger partial charge in [-0.25, -0.2) is 0 Å². The van der Waals surface area contributed by atoms with Gasteiger partial charge in [-0.3, -0.25) is 14.4 Å². The third kappa shape index (κ3) is 6.81. The quantitative estimate of drug-likeness (QED) is 0.452. The number of anilines is 1. The monoisotopic (exact) mass is 485 g/mol. The number of amides is 2. The van der Waals surface area contributed by atoms with Crippen LogP contribution in [0.1, 0.15) is 21.5 Å². The zero-order valence-electron chi connectivity index (χ0n) is 18.0. The van der Waals surface area contributed by atoms with Gasteiger partial charge in [0.15, 0.2) is 5.78 Å². The molecule has 33 heavy (non-hydrogen) atoms. The molecule has 0 aliphatic heterocycles. The highest BCUT2D eigenvalue weighted by molar-refractivity contribution is 6.31. The fraction of sp³-hybridized carbons (Fsp3) is 0.160. The molecule has 0 radical (unpaired) electrons. The second-order valence-corrected chi connectivity index (χ2v) is 7.79. The van der Waals surface area contributed by atoms with Crippen molar-refractivity contribution in [3.8, 4) is 0 Å². The van der Waals surface area contributed by atoms with Gasteiger partial charge >= 0.3 is 0 Å². The van der Waals surface area contributed by atoms with Crippen LogP contribution in [-0.2, 0) is 16.0 Å². The van der Waals surface area contributed by atoms with Crippen molar-refractivity contribution < 1.29 is 14.4 Å². The van der Waals surface area contributed by atoms with Crippen molar-refractivity contribution in [3.63, 3.8) is 0 Å². The van der Waals surface area contributed by atoms with Crippen LogP contribution in [0.4, 0.5) is 5.69 Å². The minimum absolute atomic E-state index is 0. The second-order valence-electron chi connectivity index (χ2n) is 7.36. The number of nitrogens with one attached hydrogen (secondary N) is 1. The number of primary amides is 1. The zero-order valence-corrected chi connectivity index (χ0v) is 19.6. The van der Waals surface area contributed by atoms with Gasteiger partial charge in [-0.15, -0.1) is 12.4 Å². The van der Waals surface area contributed by atoms with Gasteiger partial charge in [-0.05, 0) is 23.8 Å². The lowest BCUT2D eigenvalue weighted by Crippen LogP contribution is -2.49. The maximum absolute atomic E-state index is 13.2. The first-order valence-corrected chi connectivity index (χ1v) is 10.5. The summed E-state index contributed by atoms with van der Waals surface area (Å²) in [6.45, 7) is -0.269. The molecule has 0 spiro atoms. The average Bonchev–Trinajstić information content (AvgIpc) is 2.81. The summed E-state index contributed by atoms with van der Waals surface area (Å²) in [5, 5.41) is 2.99. The first-order valence-electron chi connectivity index (χ1n) is 10.1. The fourth-order valence-corrected chi connectivity index (χ4v) is 3.62. The van der Waals surface area contributed by atoms with Crippen molar-refractivity contribution in [1.29, 1.82) is 0 Å². The van der Waals surface area contributed by atoms with E-state index < -0.39 is 11.9 Å². The van der Waals surface area contributed by atoms with Gasteiger partial charge < -0.3 is 16.0 Å². The summed E-state index contributed by atoms with van der Waals surface area (Å²) >= 11 is 6.21. The molecule has 6 nitrogen and oxygen atoms in total. The molecule has 8 heteroatoms. The first-order chi connectivity index (χ1) is 15.4. The number of ketones is 1. The van der Waals surface area contributed by atoms with E-state index in [1.807, 2.05) is 36.4 Å². The van der Waals surface area contributed by atoms with Crippen LogP contribution < -0.4 is 16.0 Å². The number of carbonyl (C=O) groups is 3. The van der Waals surface area contributed by atoms with Crippen LogP contribution in [0.5, 0.6) is 0 Å². The van der Waals surface area contributed by atoms with Gasteiger partial charge in [0, 0.05) is 35.3 Å². The Morgan fingerprint density at radius 3 is 2.18 bits per heavy atom. The van der Waals surface area contributed by atoms with E-state index in [0.29, 0.717) is 28.3 Å². The molecule has 2 amide bonds. The van der Waals surface area contributed by atoms with Crippen molar-refractivity contribution >= 4 is 47.3 Å². The van der Waals surface area contributed by atoms with E-state index in [2.05, 4.69) is 5.32 Å². The predicted molar refractivity (Wildman–Crippen MR) is 133 cm³/mol. The van der Waals surface area contributed by atoms with E-state index in [4.69, 9.17) is 17.3 Å². The van der Waals surface area contributed by atoms with Crippen LogP contribution in [0, 0.1) is 0 Å². The van der Waals surface area contributed by atoms with E-state index in [0.717, 1.165) is 5.56 Å². The van der Waals surface area contributed by atoms with E-state index >= 15 is 0 Å². The lowest BCUT2D eigenvalue weighted by molar-refractivity contribution is -0.125. The summed E-state index contributed by atoms with van der Waals surface area (Å²) in [7, 11) is 1.74. The molecule has 3 N–H and O–H groups in total. The van der Waals surface area contributed by atoms with Crippen molar-refractivity contribution in [3.05, 3.63) is 101 Å². The number of nitrogens with two attached hydrogens (primary N) is 1. The number of hydrogen-bond donors (Lipinski definition) is 2. The normalized spacial score (nSPS) is 11.1. The number of nitrogens with zero attached hydrogens (tertiary/aromatic N) is 1. The Labute approximate surface area is 204 Å². The molecule has 0 heterocycles. The van der Waals surface area contributed by atoms with Gasteiger partial charge in [-0.2, -0.15) is 0 Å². The summed E-state index contributed by atoms with van der Waals surface area (Å²) in [6, 6.07) is 22.7. The molecular weight excluding hydrogens is 461 g/mol. The number of carbonyl (C=O) groups excluding carboxylic acids is 3. The number of halogens is 2. The number of benzene rings is 3. The molecule has 3 rings (SSSR count). The van der Waals surface area contributed by atoms with E-state index in [1.165, 1.54) is 0 Å². The number of hydrogen-bond acceptors (Lipinski definition) is 4. The minimum atomic E-state index is -0.694. The van der Waals surface area contributed by atoms with Gasteiger partial charge in [0.1, 0.15) is 6.04 Å². The Balaban J connectivity index is 0.00000385. The largest absolute Gasteiger partial charge is 0.368 e. The Hall–Kier alpha value is -3.35. The Morgan fingerprint density at radius 1 is 0.970 bits per heavy atom. The molecule has 0 unspecified atom stereocenters. The van der Waals surface area contributed by atoms with Crippen molar-refractivity contribution in [2.24, 2.45) is 5.73 Å². The Kier molecular flexibility index (Phi) is 9.45. The summed E-state index contributed by atoms with van der Waals surface area (Å²) in [5.41, 5.74) is 7.58. The van der Waals surface area contributed by atoms with E-state index in [1.54, 1.807) is 54.4 Å². The smallest absolute Gasteiger partial charge is 0.243 e. The third-order valence-corrected chi connectivity index (χ3v) is 5.33. The molecule has 0 bridgehead atoms. The van der Waals surface area contributed by atoms with Crippen LogP contribution in [0.2, 0.25) is 5.02 Å². The molecular formula is C25H25Cl2N3O3. The summed E-state index contributed by atoms with van der Waals surface area (Å²) in [5.74, 6) is -1.21. The SMILES string of the molecule is CN(c1ccc(Cl)cc1C(=O)c1ccccc1)[C@@H](Cc1ccccc1)C(=O)NCC(N)=O.Cl. The summed E-state index contributed by atoms with van der Waals surface area (Å²) in [6.07, 6.45) is 0.365. The second kappa shape index (κ2) is 12.0. The van der Waals surface area contributed by atoms with Gasteiger partial charge in [-0.1, -0.05) is 72.3 Å². The molecule has 172 valence electrons. The highest BCUT2D eigenvalue weighted by atomic mass is 35.5. The van der Waals surface area contributed by atoms with E-state index in [-0.39, 0.29) is 30.6 Å². The van der Waals surface area contributed by atoms with Crippen LogP contribution in [0.15, 0.2) is 78.9 Å². The maximum Gasteiger partial charge on any atom is 0.243 e. The Bertz CT molecular complexity index is 1110. The first kappa shape index (κ1) is 25.9. The molecule has 0 fully saturated rings. The summed E-state index contributed by atoms with van der Waals surface area (Å²) < 4.78 is 0. The predicted octanol–water partition coefficient (Wildman–Crippen LogP) is 3.64. The van der Waals surface area contributed by atoms with Crippen molar-refractivity contribution in [1.82, 2.24) is 5.32 Å². The Morgan fingerprint density at radius 2 is 1.58 bits per heavy atom. The standard InChI is InChI=1S/C25H24ClN3O3.ClH/c1-29(22(25(32)28-16-23(27)30)14-17-8-4-2-5-9-17)21-13-12-19(26)15-20(21)24(31)18-10-6-3-7-11-18;/h2-13,15,22H,14,16H2,1H3,(H2,27,30)(H,28,32);1H/t22-;/m0./s1. The lowest BCUT2D eigenvalue weighted by atomic mass is 9.98. The molecule has 3 aromatic rings. The highest BCUT2D eigenvalue weighted by Gasteiger charge is 2.27. The van der Waals surface area contributed by atoms with Crippen LogP contribution >= 0.6 is 24.0 Å². The number of rotatable bonds is 9. The molecule has 0 saturated heterocycles. The average molecular weight is 486 g/mol.